The van der Waals surface area contributed by atoms with Gasteiger partial charge < -0.3 is 15.4 Å². The fraction of sp³-hybridized carbons (Fsp3) is 0.364. The van der Waals surface area contributed by atoms with Crippen molar-refractivity contribution in [2.75, 3.05) is 18.5 Å². The van der Waals surface area contributed by atoms with Crippen LogP contribution in [0.15, 0.2) is 54.6 Å². The molecule has 0 saturated heterocycles. The van der Waals surface area contributed by atoms with Gasteiger partial charge in [0, 0.05) is 12.2 Å². The molecule has 0 saturated carbocycles. The number of ether oxygens (including phenoxy) is 1. The Morgan fingerprint density at radius 2 is 1.67 bits per heavy atom. The average molecular weight is 368 g/mol. The molecule has 2 aromatic rings. The third-order valence-electron chi connectivity index (χ3n) is 4.27. The Kier molecular flexibility index (Phi) is 8.36. The van der Waals surface area contributed by atoms with Gasteiger partial charge in [-0.3, -0.25) is 9.59 Å². The number of unbranched alkanes of at least 4 members (excludes halogenated alkanes) is 2. The monoisotopic (exact) mass is 368 g/mol. The summed E-state index contributed by atoms with van der Waals surface area (Å²) in [6.45, 7) is 5.24. The predicted molar refractivity (Wildman–Crippen MR) is 108 cm³/mol. The number of carbonyl (C=O) groups is 2. The Morgan fingerprint density at radius 1 is 0.963 bits per heavy atom. The van der Waals surface area contributed by atoms with E-state index in [0.717, 1.165) is 30.6 Å². The summed E-state index contributed by atoms with van der Waals surface area (Å²) in [6, 6.07) is 16.9. The van der Waals surface area contributed by atoms with Crippen LogP contribution in [0.5, 0.6) is 5.75 Å². The highest BCUT2D eigenvalue weighted by Gasteiger charge is 2.15. The number of hydrogen-bond acceptors (Lipinski definition) is 3. The van der Waals surface area contributed by atoms with Crippen molar-refractivity contribution in [3.63, 3.8) is 0 Å². The van der Waals surface area contributed by atoms with Gasteiger partial charge in [0.1, 0.15) is 5.75 Å². The van der Waals surface area contributed by atoms with Crippen LogP contribution in [0.4, 0.5) is 5.69 Å². The summed E-state index contributed by atoms with van der Waals surface area (Å²) in [5, 5.41) is 5.28. The van der Waals surface area contributed by atoms with E-state index in [2.05, 4.69) is 17.6 Å². The molecular formula is C22H28N2O3. The lowest BCUT2D eigenvalue weighted by molar-refractivity contribution is -0.136. The highest BCUT2D eigenvalue weighted by atomic mass is 16.5. The fourth-order valence-electron chi connectivity index (χ4n) is 2.59. The number of hydrogen-bond donors (Lipinski definition) is 2. The second-order valence-electron chi connectivity index (χ2n) is 6.56. The Bertz CT molecular complexity index is 714. The van der Waals surface area contributed by atoms with E-state index >= 15 is 0 Å². The van der Waals surface area contributed by atoms with Gasteiger partial charge in [0.05, 0.1) is 6.61 Å². The van der Waals surface area contributed by atoms with E-state index in [1.54, 1.807) is 24.3 Å². The third kappa shape index (κ3) is 7.13. The number of benzene rings is 2. The highest BCUT2D eigenvalue weighted by Crippen LogP contribution is 2.16. The van der Waals surface area contributed by atoms with Gasteiger partial charge in [0.15, 0.2) is 0 Å². The van der Waals surface area contributed by atoms with Gasteiger partial charge in [-0.25, -0.2) is 0 Å². The van der Waals surface area contributed by atoms with Crippen molar-refractivity contribution in [3.8, 4) is 5.75 Å². The maximum absolute atomic E-state index is 12.0. The molecule has 2 rings (SSSR count). The number of rotatable bonds is 9. The van der Waals surface area contributed by atoms with Crippen LogP contribution in [0.1, 0.15) is 44.6 Å². The Labute approximate surface area is 161 Å². The number of amides is 2. The fourth-order valence-corrected chi connectivity index (χ4v) is 2.59. The second-order valence-corrected chi connectivity index (χ2v) is 6.56. The summed E-state index contributed by atoms with van der Waals surface area (Å²) in [6.07, 6.45) is 3.32. The van der Waals surface area contributed by atoms with E-state index < -0.39 is 11.8 Å². The molecule has 2 amide bonds. The van der Waals surface area contributed by atoms with Crippen molar-refractivity contribution in [1.82, 2.24) is 5.32 Å². The van der Waals surface area contributed by atoms with E-state index in [-0.39, 0.29) is 5.92 Å². The molecule has 0 aromatic heterocycles. The summed E-state index contributed by atoms with van der Waals surface area (Å²) in [5.74, 6) is -0.429. The highest BCUT2D eigenvalue weighted by molar-refractivity contribution is 6.39. The molecule has 144 valence electrons. The first-order chi connectivity index (χ1) is 13.1. The first-order valence-corrected chi connectivity index (χ1v) is 9.47. The molecule has 0 unspecified atom stereocenters. The van der Waals surface area contributed by atoms with E-state index in [1.165, 1.54) is 0 Å². The van der Waals surface area contributed by atoms with Crippen LogP contribution in [-0.4, -0.2) is 25.0 Å². The van der Waals surface area contributed by atoms with Gasteiger partial charge in [-0.05, 0) is 42.2 Å². The van der Waals surface area contributed by atoms with Gasteiger partial charge in [-0.2, -0.15) is 0 Å². The van der Waals surface area contributed by atoms with Gasteiger partial charge >= 0.3 is 11.8 Å². The number of anilines is 1. The molecule has 2 N–H and O–H groups in total. The number of nitrogens with one attached hydrogen (secondary N) is 2. The summed E-state index contributed by atoms with van der Waals surface area (Å²) in [5.41, 5.74) is 1.68. The molecule has 5 heteroatoms. The van der Waals surface area contributed by atoms with E-state index in [4.69, 9.17) is 4.74 Å². The normalized spacial score (nSPS) is 11.5. The van der Waals surface area contributed by atoms with Gasteiger partial charge in [0.25, 0.3) is 0 Å². The number of carbonyl (C=O) groups excluding carboxylic acids is 2. The zero-order valence-electron chi connectivity index (χ0n) is 16.0. The molecular weight excluding hydrogens is 340 g/mol. The van der Waals surface area contributed by atoms with E-state index in [9.17, 15) is 9.59 Å². The van der Waals surface area contributed by atoms with E-state index in [0.29, 0.717) is 18.8 Å². The molecule has 0 radical (unpaired) electrons. The summed E-state index contributed by atoms with van der Waals surface area (Å²) >= 11 is 0. The molecule has 27 heavy (non-hydrogen) atoms. The van der Waals surface area contributed by atoms with Crippen LogP contribution in [0.2, 0.25) is 0 Å². The standard InChI is InChI=1S/C22H28N2O3/c1-3-4-8-15-27-20-13-11-19(12-14-20)24-22(26)21(25)23-16-17(2)18-9-6-5-7-10-18/h5-7,9-14,17H,3-4,8,15-16H2,1-2H3,(H,23,25)(H,24,26)/t17-/m0/s1. The first kappa shape index (κ1) is 20.5. The largest absolute Gasteiger partial charge is 0.494 e. The van der Waals surface area contributed by atoms with Crippen molar-refractivity contribution in [2.45, 2.75) is 39.0 Å². The Hall–Kier alpha value is -2.82. The molecule has 0 heterocycles. The maximum atomic E-state index is 12.0. The minimum Gasteiger partial charge on any atom is -0.494 e. The quantitative estimate of drug-likeness (QED) is 0.517. The zero-order valence-corrected chi connectivity index (χ0v) is 16.0. The molecule has 0 aliphatic heterocycles. The molecule has 1 atom stereocenters. The first-order valence-electron chi connectivity index (χ1n) is 9.47. The SMILES string of the molecule is CCCCCOc1ccc(NC(=O)C(=O)NC[C@H](C)c2ccccc2)cc1. The van der Waals surface area contributed by atoms with Crippen LogP contribution in [0.3, 0.4) is 0 Å². The van der Waals surface area contributed by atoms with Crippen LogP contribution in [0.25, 0.3) is 0 Å². The summed E-state index contributed by atoms with van der Waals surface area (Å²) < 4.78 is 5.63. The van der Waals surface area contributed by atoms with Gasteiger partial charge in [-0.15, -0.1) is 0 Å². The lowest BCUT2D eigenvalue weighted by Crippen LogP contribution is -2.37. The topological polar surface area (TPSA) is 67.4 Å². The van der Waals surface area contributed by atoms with Crippen molar-refractivity contribution in [3.05, 3.63) is 60.2 Å². The summed E-state index contributed by atoms with van der Waals surface area (Å²) in [7, 11) is 0. The zero-order chi connectivity index (χ0) is 19.5. The van der Waals surface area contributed by atoms with Gasteiger partial charge in [0.2, 0.25) is 0 Å². The lowest BCUT2D eigenvalue weighted by Gasteiger charge is -2.13. The maximum Gasteiger partial charge on any atom is 0.313 e. The Morgan fingerprint density at radius 3 is 2.33 bits per heavy atom. The average Bonchev–Trinajstić information content (AvgIpc) is 2.71. The van der Waals surface area contributed by atoms with Gasteiger partial charge in [-0.1, -0.05) is 57.0 Å². The third-order valence-corrected chi connectivity index (χ3v) is 4.27. The minimum atomic E-state index is -0.674. The van der Waals surface area contributed by atoms with Crippen molar-refractivity contribution < 1.29 is 14.3 Å². The van der Waals surface area contributed by atoms with E-state index in [1.807, 2.05) is 37.3 Å². The molecule has 0 aliphatic carbocycles. The van der Waals surface area contributed by atoms with Crippen molar-refractivity contribution in [2.24, 2.45) is 0 Å². The molecule has 2 aromatic carbocycles. The predicted octanol–water partition coefficient (Wildman–Crippen LogP) is 4.11. The summed E-state index contributed by atoms with van der Waals surface area (Å²) in [4.78, 5) is 24.0. The second kappa shape index (κ2) is 11.0. The van der Waals surface area contributed by atoms with Crippen LogP contribution >= 0.6 is 0 Å². The molecule has 0 spiro atoms. The van der Waals surface area contributed by atoms with Crippen molar-refractivity contribution in [1.29, 1.82) is 0 Å². The minimum absolute atomic E-state index is 0.132. The molecule has 0 bridgehead atoms. The smallest absolute Gasteiger partial charge is 0.313 e. The molecule has 5 nitrogen and oxygen atoms in total. The molecule has 0 aliphatic rings. The van der Waals surface area contributed by atoms with Crippen LogP contribution in [-0.2, 0) is 9.59 Å². The Balaban J connectivity index is 1.76. The van der Waals surface area contributed by atoms with Crippen molar-refractivity contribution >= 4 is 17.5 Å². The molecule has 0 fully saturated rings. The lowest BCUT2D eigenvalue weighted by atomic mass is 10.0. The van der Waals surface area contributed by atoms with Crippen LogP contribution < -0.4 is 15.4 Å². The van der Waals surface area contributed by atoms with Crippen LogP contribution in [0, 0.1) is 0 Å².